The molecule has 14 heavy (non-hydrogen) atoms. The second-order valence-electron chi connectivity index (χ2n) is 2.31. The van der Waals surface area contributed by atoms with Crippen LogP contribution >= 0.6 is 23.2 Å². The number of hydrogen-bond acceptors (Lipinski definition) is 4. The van der Waals surface area contributed by atoms with Crippen molar-refractivity contribution in [3.05, 3.63) is 0 Å². The van der Waals surface area contributed by atoms with Crippen LogP contribution in [0.25, 0.3) is 0 Å². The second kappa shape index (κ2) is 6.90. The van der Waals surface area contributed by atoms with Crippen LogP contribution in [0.3, 0.4) is 0 Å². The predicted molar refractivity (Wildman–Crippen MR) is 52.5 cm³/mol. The number of carbonyl (C=O) groups excluding carboxylic acids is 2. The fraction of sp³-hybridized carbons (Fsp3) is 0.750. The van der Waals surface area contributed by atoms with Gasteiger partial charge in [0, 0.05) is 0 Å². The molecule has 82 valence electrons. The molecule has 0 aliphatic carbocycles. The first-order valence-electron chi connectivity index (χ1n) is 4.16. The molecule has 0 N–H and O–H groups in total. The Kier molecular flexibility index (Phi) is 6.66. The molecule has 0 aromatic rings. The lowest BCUT2D eigenvalue weighted by Crippen LogP contribution is -2.34. The molecule has 4 nitrogen and oxygen atoms in total. The first-order chi connectivity index (χ1) is 6.54. The van der Waals surface area contributed by atoms with Crippen LogP contribution in [0.15, 0.2) is 0 Å². The predicted octanol–water partition coefficient (Wildman–Crippen LogP) is 1.33. The molecular formula is C8H12Cl2O4. The Bertz CT molecular complexity index is 186. The maximum Gasteiger partial charge on any atom is 0.326 e. The molecule has 0 radical (unpaired) electrons. The minimum atomic E-state index is -1.21. The van der Waals surface area contributed by atoms with Gasteiger partial charge in [0.2, 0.25) is 0 Å². The zero-order valence-electron chi connectivity index (χ0n) is 7.96. The Balaban J connectivity index is 4.16. The van der Waals surface area contributed by atoms with Crippen LogP contribution in [0.5, 0.6) is 0 Å². The molecule has 0 saturated heterocycles. The van der Waals surface area contributed by atoms with Crippen molar-refractivity contribution >= 4 is 35.1 Å². The van der Waals surface area contributed by atoms with Crippen LogP contribution in [0, 0.1) is 0 Å². The first kappa shape index (κ1) is 13.5. The molecule has 6 heteroatoms. The molecule has 0 saturated carbocycles. The van der Waals surface area contributed by atoms with E-state index in [1.165, 1.54) is 0 Å². The standard InChI is InChI=1S/C8H12Cl2O4/c1-3-13-7(11)5(9)6(10)8(12)14-4-2/h5-6H,3-4H2,1-2H3/t5-,6-/m1/s1. The van der Waals surface area contributed by atoms with E-state index in [9.17, 15) is 9.59 Å². The highest BCUT2D eigenvalue weighted by atomic mass is 35.5. The molecule has 0 bridgehead atoms. The van der Waals surface area contributed by atoms with Crippen LogP contribution < -0.4 is 0 Å². The number of halogens is 2. The van der Waals surface area contributed by atoms with Crippen molar-refractivity contribution in [2.75, 3.05) is 13.2 Å². The summed E-state index contributed by atoms with van der Waals surface area (Å²) in [5, 5.41) is -2.42. The van der Waals surface area contributed by atoms with E-state index in [2.05, 4.69) is 9.47 Å². The van der Waals surface area contributed by atoms with E-state index in [0.29, 0.717) is 0 Å². The zero-order chi connectivity index (χ0) is 11.1. The van der Waals surface area contributed by atoms with Gasteiger partial charge in [0.25, 0.3) is 0 Å². The van der Waals surface area contributed by atoms with Crippen molar-refractivity contribution in [1.82, 2.24) is 0 Å². The van der Waals surface area contributed by atoms with Gasteiger partial charge in [-0.25, -0.2) is 0 Å². The smallest absolute Gasteiger partial charge is 0.326 e. The Hall–Kier alpha value is -0.480. The monoisotopic (exact) mass is 242 g/mol. The normalized spacial score (nSPS) is 14.3. The molecule has 0 amide bonds. The summed E-state index contributed by atoms with van der Waals surface area (Å²) < 4.78 is 9.18. The summed E-state index contributed by atoms with van der Waals surface area (Å²) in [4.78, 5) is 22.1. The fourth-order valence-electron chi connectivity index (χ4n) is 0.683. The van der Waals surface area contributed by atoms with Crippen molar-refractivity contribution in [2.45, 2.75) is 24.6 Å². The minimum absolute atomic E-state index is 0.189. The summed E-state index contributed by atoms with van der Waals surface area (Å²) in [5.74, 6) is -1.44. The second-order valence-corrected chi connectivity index (χ2v) is 3.25. The van der Waals surface area contributed by atoms with Crippen LogP contribution in [-0.2, 0) is 19.1 Å². The summed E-state index contributed by atoms with van der Waals surface area (Å²) in [6.45, 7) is 3.65. The molecule has 0 unspecified atom stereocenters. The van der Waals surface area contributed by atoms with E-state index in [-0.39, 0.29) is 13.2 Å². The molecular weight excluding hydrogens is 231 g/mol. The zero-order valence-corrected chi connectivity index (χ0v) is 9.47. The summed E-state index contributed by atoms with van der Waals surface area (Å²) >= 11 is 11.2. The lowest BCUT2D eigenvalue weighted by atomic mass is 10.3. The van der Waals surface area contributed by atoms with E-state index in [0.717, 1.165) is 0 Å². The van der Waals surface area contributed by atoms with Crippen molar-refractivity contribution in [3.63, 3.8) is 0 Å². The van der Waals surface area contributed by atoms with Gasteiger partial charge in [0.05, 0.1) is 13.2 Å². The molecule has 2 atom stereocenters. The third kappa shape index (κ3) is 4.15. The molecule has 0 aliphatic heterocycles. The third-order valence-corrected chi connectivity index (χ3v) is 2.27. The number of esters is 2. The maximum absolute atomic E-state index is 11.0. The maximum atomic E-state index is 11.0. The average molecular weight is 243 g/mol. The van der Waals surface area contributed by atoms with Gasteiger partial charge in [0.15, 0.2) is 10.8 Å². The average Bonchev–Trinajstić information content (AvgIpc) is 2.16. The van der Waals surface area contributed by atoms with Crippen LogP contribution in [0.1, 0.15) is 13.8 Å². The summed E-state index contributed by atoms with van der Waals surface area (Å²) in [6.07, 6.45) is 0. The Morgan fingerprint density at radius 3 is 1.50 bits per heavy atom. The van der Waals surface area contributed by atoms with Gasteiger partial charge in [-0.3, -0.25) is 9.59 Å². The highest BCUT2D eigenvalue weighted by molar-refractivity contribution is 6.41. The topological polar surface area (TPSA) is 52.6 Å². The number of rotatable bonds is 5. The first-order valence-corrected chi connectivity index (χ1v) is 5.03. The van der Waals surface area contributed by atoms with Crippen LogP contribution in [0.4, 0.5) is 0 Å². The third-order valence-electron chi connectivity index (χ3n) is 1.28. The summed E-state index contributed by atoms with van der Waals surface area (Å²) in [7, 11) is 0. The number of ether oxygens (including phenoxy) is 2. The van der Waals surface area contributed by atoms with E-state index < -0.39 is 22.7 Å². The summed E-state index contributed by atoms with van der Waals surface area (Å²) in [6, 6.07) is 0. The number of hydrogen-bond donors (Lipinski definition) is 0. The molecule has 0 fully saturated rings. The van der Waals surface area contributed by atoms with E-state index in [4.69, 9.17) is 23.2 Å². The quantitative estimate of drug-likeness (QED) is 0.540. The lowest BCUT2D eigenvalue weighted by molar-refractivity contribution is -0.149. The van der Waals surface area contributed by atoms with Gasteiger partial charge >= 0.3 is 11.9 Å². The Labute approximate surface area is 92.5 Å². The number of alkyl halides is 2. The molecule has 0 aromatic heterocycles. The largest absolute Gasteiger partial charge is 0.465 e. The molecule has 0 spiro atoms. The highest BCUT2D eigenvalue weighted by Crippen LogP contribution is 2.13. The Morgan fingerprint density at radius 2 is 1.29 bits per heavy atom. The minimum Gasteiger partial charge on any atom is -0.465 e. The molecule has 0 heterocycles. The summed E-state index contributed by atoms with van der Waals surface area (Å²) in [5.41, 5.74) is 0. The van der Waals surface area contributed by atoms with Crippen molar-refractivity contribution < 1.29 is 19.1 Å². The van der Waals surface area contributed by atoms with E-state index >= 15 is 0 Å². The van der Waals surface area contributed by atoms with Crippen molar-refractivity contribution in [1.29, 1.82) is 0 Å². The highest BCUT2D eigenvalue weighted by Gasteiger charge is 2.32. The Morgan fingerprint density at radius 1 is 1.00 bits per heavy atom. The molecule has 0 aromatic carbocycles. The lowest BCUT2D eigenvalue weighted by Gasteiger charge is -2.13. The fourth-order valence-corrected chi connectivity index (χ4v) is 1.01. The number of carbonyl (C=O) groups is 2. The van der Waals surface area contributed by atoms with Gasteiger partial charge in [-0.05, 0) is 13.8 Å². The van der Waals surface area contributed by atoms with Gasteiger partial charge in [-0.1, -0.05) is 0 Å². The van der Waals surface area contributed by atoms with Crippen molar-refractivity contribution in [2.24, 2.45) is 0 Å². The van der Waals surface area contributed by atoms with Crippen molar-refractivity contribution in [3.8, 4) is 0 Å². The van der Waals surface area contributed by atoms with Crippen LogP contribution in [0.2, 0.25) is 0 Å². The van der Waals surface area contributed by atoms with E-state index in [1.54, 1.807) is 13.8 Å². The SMILES string of the molecule is CCOC(=O)[C@H](Cl)[C@@H](Cl)C(=O)OCC. The molecule has 0 rings (SSSR count). The molecule has 0 aliphatic rings. The van der Waals surface area contributed by atoms with Gasteiger partial charge in [-0.2, -0.15) is 0 Å². The van der Waals surface area contributed by atoms with Gasteiger partial charge in [-0.15, -0.1) is 23.2 Å². The van der Waals surface area contributed by atoms with Crippen LogP contribution in [-0.4, -0.2) is 35.9 Å². The van der Waals surface area contributed by atoms with E-state index in [1.807, 2.05) is 0 Å². The van der Waals surface area contributed by atoms with Gasteiger partial charge in [0.1, 0.15) is 0 Å². The van der Waals surface area contributed by atoms with Gasteiger partial charge < -0.3 is 9.47 Å².